The number of likely N-dealkylation sites (tertiary alicyclic amines) is 1. The standard InChI is InChI=1S/C21H25N5O4S/c1-13-18(11-24(13)12-22)26-19(27)16-9-15(31(29,30)23-21(2)7-8-21)5-6-17(16)25(20(26)28)10-14-3-4-14/h5-6,9,13-14,18,23H,3-4,7-8,10-11H2,1-2H3. The Morgan fingerprint density at radius 3 is 2.55 bits per heavy atom. The quantitative estimate of drug-likeness (QED) is 0.669. The van der Waals surface area contributed by atoms with E-state index in [1.165, 1.54) is 21.6 Å². The lowest BCUT2D eigenvalue weighted by atomic mass is 9.99. The summed E-state index contributed by atoms with van der Waals surface area (Å²) in [5.41, 5.74) is -0.867. The molecule has 1 saturated heterocycles. The van der Waals surface area contributed by atoms with Gasteiger partial charge in [0.1, 0.15) is 0 Å². The number of sulfonamides is 1. The zero-order valence-electron chi connectivity index (χ0n) is 17.5. The number of rotatable bonds is 6. The van der Waals surface area contributed by atoms with Crippen molar-refractivity contribution in [3.63, 3.8) is 0 Å². The van der Waals surface area contributed by atoms with E-state index in [4.69, 9.17) is 5.26 Å². The van der Waals surface area contributed by atoms with E-state index < -0.39 is 32.9 Å². The molecular weight excluding hydrogens is 418 g/mol. The number of benzene rings is 1. The predicted octanol–water partition coefficient (Wildman–Crippen LogP) is 1.13. The van der Waals surface area contributed by atoms with Crippen molar-refractivity contribution in [2.75, 3.05) is 6.54 Å². The fourth-order valence-electron chi connectivity index (χ4n) is 4.26. The minimum absolute atomic E-state index is 0.0219. The highest BCUT2D eigenvalue weighted by molar-refractivity contribution is 7.89. The average Bonchev–Trinajstić information content (AvgIpc) is 3.65. The summed E-state index contributed by atoms with van der Waals surface area (Å²) in [5.74, 6) is 0.390. The van der Waals surface area contributed by atoms with Crippen LogP contribution in [0.15, 0.2) is 32.7 Å². The molecule has 2 unspecified atom stereocenters. The maximum absolute atomic E-state index is 13.4. The summed E-state index contributed by atoms with van der Waals surface area (Å²) in [5, 5.41) is 9.38. The topological polar surface area (TPSA) is 117 Å². The molecule has 0 spiro atoms. The molecule has 5 rings (SSSR count). The molecule has 2 atom stereocenters. The predicted molar refractivity (Wildman–Crippen MR) is 114 cm³/mol. The molecule has 0 radical (unpaired) electrons. The van der Waals surface area contributed by atoms with Gasteiger partial charge in [0.05, 0.1) is 34.4 Å². The molecule has 1 aromatic heterocycles. The zero-order valence-corrected chi connectivity index (χ0v) is 18.4. The molecule has 1 aromatic carbocycles. The van der Waals surface area contributed by atoms with Crippen molar-refractivity contribution >= 4 is 20.9 Å². The van der Waals surface area contributed by atoms with E-state index in [2.05, 4.69) is 10.9 Å². The van der Waals surface area contributed by atoms with Crippen LogP contribution in [0.5, 0.6) is 0 Å². The van der Waals surface area contributed by atoms with Crippen molar-refractivity contribution in [3.05, 3.63) is 39.0 Å². The molecule has 10 heteroatoms. The van der Waals surface area contributed by atoms with E-state index in [0.717, 1.165) is 25.7 Å². The molecule has 2 heterocycles. The number of nitrogens with one attached hydrogen (secondary N) is 1. The second-order valence-electron chi connectivity index (χ2n) is 9.42. The highest BCUT2D eigenvalue weighted by atomic mass is 32.2. The second kappa shape index (κ2) is 6.68. The van der Waals surface area contributed by atoms with Crippen LogP contribution in [-0.2, 0) is 16.6 Å². The maximum atomic E-state index is 13.4. The van der Waals surface area contributed by atoms with E-state index in [1.807, 2.05) is 6.92 Å². The number of nitrogens with zero attached hydrogens (tertiary/aromatic N) is 4. The Morgan fingerprint density at radius 1 is 1.26 bits per heavy atom. The van der Waals surface area contributed by atoms with Gasteiger partial charge in [-0.05, 0) is 63.6 Å². The number of hydrogen-bond donors (Lipinski definition) is 1. The minimum Gasteiger partial charge on any atom is -0.304 e. The van der Waals surface area contributed by atoms with Crippen molar-refractivity contribution in [2.24, 2.45) is 5.92 Å². The largest absolute Gasteiger partial charge is 0.331 e. The molecule has 0 bridgehead atoms. The first-order valence-corrected chi connectivity index (χ1v) is 12.1. The highest BCUT2D eigenvalue weighted by Crippen LogP contribution is 2.36. The Kier molecular flexibility index (Phi) is 4.37. The van der Waals surface area contributed by atoms with E-state index >= 15 is 0 Å². The lowest BCUT2D eigenvalue weighted by molar-refractivity contribution is 0.0882. The third kappa shape index (κ3) is 3.36. The first-order valence-electron chi connectivity index (χ1n) is 10.6. The molecule has 164 valence electrons. The smallest absolute Gasteiger partial charge is 0.304 e. The summed E-state index contributed by atoms with van der Waals surface area (Å²) in [6.07, 6.45) is 5.69. The summed E-state index contributed by atoms with van der Waals surface area (Å²) in [6, 6.07) is 3.73. The van der Waals surface area contributed by atoms with E-state index in [0.29, 0.717) is 24.5 Å². The van der Waals surface area contributed by atoms with Gasteiger partial charge in [-0.2, -0.15) is 5.26 Å². The Balaban J connectivity index is 1.67. The Bertz CT molecular complexity index is 1340. The van der Waals surface area contributed by atoms with Gasteiger partial charge in [-0.15, -0.1) is 0 Å². The molecule has 0 amide bonds. The number of hydrogen-bond acceptors (Lipinski definition) is 6. The van der Waals surface area contributed by atoms with Crippen LogP contribution in [-0.4, -0.2) is 40.6 Å². The molecule has 2 aliphatic carbocycles. The average molecular weight is 444 g/mol. The van der Waals surface area contributed by atoms with Gasteiger partial charge in [-0.3, -0.25) is 13.9 Å². The van der Waals surface area contributed by atoms with Crippen molar-refractivity contribution in [1.29, 1.82) is 5.26 Å². The van der Waals surface area contributed by atoms with Crippen molar-refractivity contribution < 1.29 is 8.42 Å². The van der Waals surface area contributed by atoms with E-state index in [-0.39, 0.29) is 16.3 Å². The summed E-state index contributed by atoms with van der Waals surface area (Å²) >= 11 is 0. The highest BCUT2D eigenvalue weighted by Gasteiger charge is 2.42. The molecule has 2 aromatic rings. The summed E-state index contributed by atoms with van der Waals surface area (Å²) in [7, 11) is -3.78. The van der Waals surface area contributed by atoms with Crippen LogP contribution in [0.3, 0.4) is 0 Å². The number of aromatic nitrogens is 2. The van der Waals surface area contributed by atoms with Crippen molar-refractivity contribution in [1.82, 2.24) is 18.8 Å². The minimum atomic E-state index is -3.78. The third-order valence-electron chi connectivity index (χ3n) is 6.87. The first kappa shape index (κ1) is 20.3. The molecule has 31 heavy (non-hydrogen) atoms. The summed E-state index contributed by atoms with van der Waals surface area (Å²) in [4.78, 5) is 28.2. The van der Waals surface area contributed by atoms with Gasteiger partial charge in [0.15, 0.2) is 6.19 Å². The Labute approximate surface area is 179 Å². The van der Waals surface area contributed by atoms with Gasteiger partial charge in [0, 0.05) is 12.1 Å². The summed E-state index contributed by atoms with van der Waals surface area (Å²) < 4.78 is 31.3. The molecule has 3 aliphatic rings. The SMILES string of the molecule is CC1C(n2c(=O)c3cc(S(=O)(=O)NC4(C)CC4)ccc3n(CC3CC3)c2=O)CN1C#N. The van der Waals surface area contributed by atoms with Crippen LogP contribution in [0.4, 0.5) is 0 Å². The van der Waals surface area contributed by atoms with Gasteiger partial charge >= 0.3 is 5.69 Å². The molecule has 1 N–H and O–H groups in total. The van der Waals surface area contributed by atoms with Crippen molar-refractivity contribution in [3.8, 4) is 6.19 Å². The van der Waals surface area contributed by atoms with Crippen LogP contribution < -0.4 is 16.0 Å². The lowest BCUT2D eigenvalue weighted by Gasteiger charge is -2.43. The van der Waals surface area contributed by atoms with Crippen LogP contribution in [0.2, 0.25) is 0 Å². The fraction of sp³-hybridized carbons (Fsp3) is 0.571. The summed E-state index contributed by atoms with van der Waals surface area (Å²) in [6.45, 7) is 4.45. The number of nitriles is 1. The van der Waals surface area contributed by atoms with Crippen LogP contribution in [0.25, 0.3) is 10.9 Å². The molecule has 3 fully saturated rings. The van der Waals surface area contributed by atoms with Gasteiger partial charge in [0.25, 0.3) is 5.56 Å². The van der Waals surface area contributed by atoms with Crippen LogP contribution >= 0.6 is 0 Å². The maximum Gasteiger partial charge on any atom is 0.331 e. The van der Waals surface area contributed by atoms with Crippen molar-refractivity contribution in [2.45, 2.75) is 68.6 Å². The van der Waals surface area contributed by atoms with Gasteiger partial charge in [-0.25, -0.2) is 17.9 Å². The normalized spacial score (nSPS) is 24.6. The molecular formula is C21H25N5O4S. The van der Waals surface area contributed by atoms with Gasteiger partial charge in [0.2, 0.25) is 10.0 Å². The molecule has 9 nitrogen and oxygen atoms in total. The van der Waals surface area contributed by atoms with Gasteiger partial charge in [-0.1, -0.05) is 0 Å². The van der Waals surface area contributed by atoms with Crippen LogP contribution in [0.1, 0.15) is 45.6 Å². The first-order chi connectivity index (χ1) is 14.6. The zero-order chi connectivity index (χ0) is 22.1. The van der Waals surface area contributed by atoms with E-state index in [9.17, 15) is 18.0 Å². The molecule has 2 saturated carbocycles. The Morgan fingerprint density at radius 2 is 1.97 bits per heavy atom. The third-order valence-corrected chi connectivity index (χ3v) is 8.50. The number of fused-ring (bicyclic) bond motifs is 1. The van der Waals surface area contributed by atoms with Crippen LogP contribution in [0, 0.1) is 17.4 Å². The van der Waals surface area contributed by atoms with Gasteiger partial charge < -0.3 is 4.90 Å². The lowest BCUT2D eigenvalue weighted by Crippen LogP contribution is -2.58. The second-order valence-corrected chi connectivity index (χ2v) is 11.1. The monoisotopic (exact) mass is 443 g/mol. The Hall–Kier alpha value is -2.64. The molecule has 1 aliphatic heterocycles. The fourth-order valence-corrected chi connectivity index (χ4v) is 5.75. The van der Waals surface area contributed by atoms with E-state index in [1.54, 1.807) is 17.6 Å².